The average molecular weight is 263 g/mol. The van der Waals surface area contributed by atoms with Crippen LogP contribution < -0.4 is 5.73 Å². The normalized spacial score (nSPS) is 11.8. The lowest BCUT2D eigenvalue weighted by Gasteiger charge is -2.10. The van der Waals surface area contributed by atoms with Gasteiger partial charge in [0.25, 0.3) is 0 Å². The number of anilines is 1. The lowest BCUT2D eigenvalue weighted by atomic mass is 10.3. The molecule has 1 aromatic carbocycles. The number of hydrogen-bond acceptors (Lipinski definition) is 2. The summed E-state index contributed by atoms with van der Waals surface area (Å²) in [6.45, 7) is 0. The van der Waals surface area contributed by atoms with Crippen LogP contribution in [0.3, 0.4) is 0 Å². The van der Waals surface area contributed by atoms with Crippen molar-refractivity contribution >= 4 is 5.82 Å². The zero-order valence-electron chi connectivity index (χ0n) is 8.67. The molecule has 0 bridgehead atoms. The maximum atomic E-state index is 13.4. The molecule has 2 aromatic rings. The number of nitrogens with two attached hydrogens (primary N) is 1. The molecule has 18 heavy (non-hydrogen) atoms. The summed E-state index contributed by atoms with van der Waals surface area (Å²) in [6.07, 6.45) is -4.74. The van der Waals surface area contributed by atoms with Gasteiger partial charge in [-0.05, 0) is 12.1 Å². The van der Waals surface area contributed by atoms with Crippen LogP contribution in [0.5, 0.6) is 0 Å². The standard InChI is InChI=1S/C10H6F5N3/c11-5-1-2-7(6(12)3-5)18-8(10(13,14)15)4-9(16)17-18/h1-4H,(H2,16,17). The van der Waals surface area contributed by atoms with Gasteiger partial charge >= 0.3 is 6.18 Å². The molecular formula is C10H6F5N3. The Labute approximate surface area is 97.6 Å². The molecule has 2 rings (SSSR count). The summed E-state index contributed by atoms with van der Waals surface area (Å²) < 4.78 is 64.3. The van der Waals surface area contributed by atoms with E-state index in [1.807, 2.05) is 0 Å². The second-order valence-corrected chi connectivity index (χ2v) is 3.46. The average Bonchev–Trinajstić information content (AvgIpc) is 2.59. The van der Waals surface area contributed by atoms with E-state index in [4.69, 9.17) is 5.73 Å². The Kier molecular flexibility index (Phi) is 2.72. The van der Waals surface area contributed by atoms with E-state index in [1.54, 1.807) is 0 Å². The third-order valence-electron chi connectivity index (χ3n) is 2.16. The Morgan fingerprint density at radius 3 is 2.33 bits per heavy atom. The third-order valence-corrected chi connectivity index (χ3v) is 2.16. The fourth-order valence-corrected chi connectivity index (χ4v) is 1.44. The molecule has 0 saturated carbocycles. The van der Waals surface area contributed by atoms with Crippen LogP contribution in [-0.2, 0) is 6.18 Å². The van der Waals surface area contributed by atoms with E-state index in [9.17, 15) is 22.0 Å². The summed E-state index contributed by atoms with van der Waals surface area (Å²) in [5.74, 6) is -2.47. The largest absolute Gasteiger partial charge is 0.433 e. The van der Waals surface area contributed by atoms with Crippen molar-refractivity contribution in [3.05, 3.63) is 41.6 Å². The van der Waals surface area contributed by atoms with Crippen molar-refractivity contribution in [2.45, 2.75) is 6.18 Å². The molecular weight excluding hydrogens is 257 g/mol. The molecule has 2 N–H and O–H groups in total. The minimum atomic E-state index is -4.74. The molecule has 0 radical (unpaired) electrons. The van der Waals surface area contributed by atoms with Gasteiger partial charge in [-0.25, -0.2) is 13.5 Å². The van der Waals surface area contributed by atoms with Crippen LogP contribution in [0.25, 0.3) is 5.69 Å². The Balaban J connectivity index is 2.64. The second kappa shape index (κ2) is 3.97. The smallest absolute Gasteiger partial charge is 0.382 e. The van der Waals surface area contributed by atoms with E-state index < -0.39 is 35.0 Å². The van der Waals surface area contributed by atoms with Crippen molar-refractivity contribution in [3.8, 4) is 5.69 Å². The predicted octanol–water partition coefficient (Wildman–Crippen LogP) is 2.75. The first-order valence-corrected chi connectivity index (χ1v) is 4.67. The van der Waals surface area contributed by atoms with Gasteiger partial charge in [0, 0.05) is 12.1 Å². The Morgan fingerprint density at radius 2 is 1.78 bits per heavy atom. The van der Waals surface area contributed by atoms with Gasteiger partial charge in [0.1, 0.15) is 17.3 Å². The van der Waals surface area contributed by atoms with Gasteiger partial charge in [0.05, 0.1) is 0 Å². The molecule has 0 atom stereocenters. The molecule has 96 valence electrons. The van der Waals surface area contributed by atoms with Gasteiger partial charge in [0.2, 0.25) is 0 Å². The van der Waals surface area contributed by atoms with Crippen molar-refractivity contribution in [1.29, 1.82) is 0 Å². The van der Waals surface area contributed by atoms with Crippen LogP contribution in [0.15, 0.2) is 24.3 Å². The minimum absolute atomic E-state index is 0.296. The summed E-state index contributed by atoms with van der Waals surface area (Å²) in [5.41, 5.74) is 3.41. The topological polar surface area (TPSA) is 43.8 Å². The predicted molar refractivity (Wildman–Crippen MR) is 52.9 cm³/mol. The highest BCUT2D eigenvalue weighted by molar-refractivity contribution is 5.40. The number of nitrogens with zero attached hydrogens (tertiary/aromatic N) is 2. The van der Waals surface area contributed by atoms with E-state index in [2.05, 4.69) is 5.10 Å². The van der Waals surface area contributed by atoms with Gasteiger partial charge in [0.15, 0.2) is 11.5 Å². The molecule has 3 nitrogen and oxygen atoms in total. The highest BCUT2D eigenvalue weighted by Crippen LogP contribution is 2.32. The zero-order valence-corrected chi connectivity index (χ0v) is 8.67. The van der Waals surface area contributed by atoms with Gasteiger partial charge < -0.3 is 5.73 Å². The van der Waals surface area contributed by atoms with Gasteiger partial charge in [-0.3, -0.25) is 0 Å². The van der Waals surface area contributed by atoms with Crippen molar-refractivity contribution in [2.75, 3.05) is 5.73 Å². The molecule has 0 aliphatic rings. The summed E-state index contributed by atoms with van der Waals surface area (Å²) in [4.78, 5) is 0. The highest BCUT2D eigenvalue weighted by Gasteiger charge is 2.36. The maximum absolute atomic E-state index is 13.4. The van der Waals surface area contributed by atoms with E-state index in [0.717, 1.165) is 12.1 Å². The van der Waals surface area contributed by atoms with Crippen molar-refractivity contribution < 1.29 is 22.0 Å². The van der Waals surface area contributed by atoms with E-state index in [-0.39, 0.29) is 0 Å². The third kappa shape index (κ3) is 2.13. The van der Waals surface area contributed by atoms with Crippen LogP contribution in [-0.4, -0.2) is 9.78 Å². The molecule has 0 unspecified atom stereocenters. The van der Waals surface area contributed by atoms with Crippen LogP contribution in [0.4, 0.5) is 27.8 Å². The Bertz CT molecular complexity index is 588. The summed E-state index contributed by atoms with van der Waals surface area (Å²) in [7, 11) is 0. The van der Waals surface area contributed by atoms with Gasteiger partial charge in [-0.2, -0.15) is 18.3 Å². The molecule has 0 saturated heterocycles. The van der Waals surface area contributed by atoms with Crippen molar-refractivity contribution in [3.63, 3.8) is 0 Å². The number of nitrogen functional groups attached to an aromatic ring is 1. The number of hydrogen-bond donors (Lipinski definition) is 1. The van der Waals surface area contributed by atoms with Crippen molar-refractivity contribution in [2.24, 2.45) is 0 Å². The summed E-state index contributed by atoms with van der Waals surface area (Å²) in [6, 6.07) is 2.72. The zero-order chi connectivity index (χ0) is 13.5. The summed E-state index contributed by atoms with van der Waals surface area (Å²) in [5, 5.41) is 3.35. The minimum Gasteiger partial charge on any atom is -0.382 e. The lowest BCUT2D eigenvalue weighted by molar-refractivity contribution is -0.142. The first-order valence-electron chi connectivity index (χ1n) is 4.67. The number of rotatable bonds is 1. The Morgan fingerprint density at radius 1 is 1.11 bits per heavy atom. The van der Waals surface area contributed by atoms with Crippen molar-refractivity contribution in [1.82, 2.24) is 9.78 Å². The quantitative estimate of drug-likeness (QED) is 0.804. The molecule has 1 heterocycles. The van der Waals surface area contributed by atoms with E-state index in [1.165, 1.54) is 0 Å². The number of halogens is 5. The van der Waals surface area contributed by atoms with E-state index in [0.29, 0.717) is 16.8 Å². The fourth-order valence-electron chi connectivity index (χ4n) is 1.44. The molecule has 0 spiro atoms. The number of alkyl halides is 3. The summed E-state index contributed by atoms with van der Waals surface area (Å²) >= 11 is 0. The highest BCUT2D eigenvalue weighted by atomic mass is 19.4. The fraction of sp³-hybridized carbons (Fsp3) is 0.100. The van der Waals surface area contributed by atoms with Gasteiger partial charge in [-0.1, -0.05) is 0 Å². The van der Waals surface area contributed by atoms with E-state index >= 15 is 0 Å². The monoisotopic (exact) mass is 263 g/mol. The molecule has 1 aromatic heterocycles. The molecule has 0 fully saturated rings. The molecule has 0 amide bonds. The molecule has 0 aliphatic carbocycles. The Hall–Kier alpha value is -2.12. The SMILES string of the molecule is Nc1cc(C(F)(F)F)n(-c2ccc(F)cc2F)n1. The van der Waals surface area contributed by atoms with Crippen LogP contribution in [0.1, 0.15) is 5.69 Å². The van der Waals surface area contributed by atoms with Gasteiger partial charge in [-0.15, -0.1) is 0 Å². The van der Waals surface area contributed by atoms with Crippen LogP contribution in [0.2, 0.25) is 0 Å². The van der Waals surface area contributed by atoms with Crippen LogP contribution in [0, 0.1) is 11.6 Å². The first-order chi connectivity index (χ1) is 8.29. The number of benzene rings is 1. The molecule has 0 aliphatic heterocycles. The lowest BCUT2D eigenvalue weighted by Crippen LogP contribution is -2.14. The number of aromatic nitrogens is 2. The second-order valence-electron chi connectivity index (χ2n) is 3.46. The first kappa shape index (κ1) is 12.3. The molecule has 8 heteroatoms. The maximum Gasteiger partial charge on any atom is 0.433 e. The van der Waals surface area contributed by atoms with Crippen LogP contribution >= 0.6 is 0 Å².